The molecule has 2 rings (SSSR count). The number of amides is 1. The Labute approximate surface area is 130 Å². The molecule has 0 aromatic heterocycles. The molecule has 120 valence electrons. The number of hydrogen-bond acceptors (Lipinski definition) is 3. The summed E-state index contributed by atoms with van der Waals surface area (Å²) in [4.78, 5) is 25.1. The Morgan fingerprint density at radius 2 is 2.00 bits per heavy atom. The molecule has 22 heavy (non-hydrogen) atoms. The third-order valence-electron chi connectivity index (χ3n) is 4.20. The quantitative estimate of drug-likeness (QED) is 0.907. The number of carboxylic acid groups (broad SMARTS) is 1. The summed E-state index contributed by atoms with van der Waals surface area (Å²) in [6, 6.07) is 7.28. The second kappa shape index (κ2) is 7.29. The summed E-state index contributed by atoms with van der Waals surface area (Å²) in [5.41, 5.74) is 1.13. The van der Waals surface area contributed by atoms with Gasteiger partial charge in [-0.05, 0) is 37.8 Å². The third-order valence-corrected chi connectivity index (χ3v) is 4.20. The van der Waals surface area contributed by atoms with E-state index in [0.29, 0.717) is 12.3 Å². The van der Waals surface area contributed by atoms with E-state index in [4.69, 9.17) is 9.84 Å². The Bertz CT molecular complexity index is 526. The van der Waals surface area contributed by atoms with E-state index >= 15 is 0 Å². The zero-order valence-corrected chi connectivity index (χ0v) is 13.1. The van der Waals surface area contributed by atoms with E-state index < -0.39 is 5.97 Å². The highest BCUT2D eigenvalue weighted by Crippen LogP contribution is 2.26. The average Bonchev–Trinajstić information content (AvgIpc) is 2.48. The van der Waals surface area contributed by atoms with Crippen molar-refractivity contribution in [2.24, 2.45) is 5.92 Å². The number of likely N-dealkylation sites (tertiary alicyclic amines) is 1. The van der Waals surface area contributed by atoms with Crippen LogP contribution in [0.1, 0.15) is 31.7 Å². The minimum atomic E-state index is -0.865. The molecule has 1 aromatic carbocycles. The van der Waals surface area contributed by atoms with Gasteiger partial charge in [0.25, 0.3) is 5.91 Å². The molecule has 1 aromatic rings. The van der Waals surface area contributed by atoms with Gasteiger partial charge in [-0.1, -0.05) is 24.6 Å². The molecule has 0 aliphatic carbocycles. The van der Waals surface area contributed by atoms with Crippen LogP contribution in [0.5, 0.6) is 5.75 Å². The molecular weight excluding hydrogens is 282 g/mol. The molecule has 1 saturated heterocycles. The predicted octanol–water partition coefficient (Wildman–Crippen LogP) is 2.48. The van der Waals surface area contributed by atoms with Crippen molar-refractivity contribution in [2.45, 2.75) is 39.2 Å². The van der Waals surface area contributed by atoms with Gasteiger partial charge in [0, 0.05) is 12.6 Å². The molecule has 5 heteroatoms. The van der Waals surface area contributed by atoms with Crippen molar-refractivity contribution >= 4 is 11.9 Å². The van der Waals surface area contributed by atoms with Crippen LogP contribution < -0.4 is 4.74 Å². The molecule has 1 amide bonds. The maximum Gasteiger partial charge on any atom is 0.305 e. The smallest absolute Gasteiger partial charge is 0.305 e. The molecule has 1 aliphatic rings. The topological polar surface area (TPSA) is 66.8 Å². The van der Waals surface area contributed by atoms with E-state index in [0.717, 1.165) is 18.4 Å². The Kier molecular flexibility index (Phi) is 5.41. The maximum atomic E-state index is 12.4. The second-order valence-corrected chi connectivity index (χ2v) is 5.97. The van der Waals surface area contributed by atoms with E-state index in [1.165, 1.54) is 0 Å². The summed E-state index contributed by atoms with van der Waals surface area (Å²) < 4.78 is 5.53. The first-order valence-corrected chi connectivity index (χ1v) is 7.68. The van der Waals surface area contributed by atoms with Crippen LogP contribution in [-0.4, -0.2) is 41.1 Å². The van der Waals surface area contributed by atoms with E-state index in [9.17, 15) is 9.59 Å². The summed E-state index contributed by atoms with van der Waals surface area (Å²) in [7, 11) is 0. The number of rotatable bonds is 5. The van der Waals surface area contributed by atoms with Gasteiger partial charge in [0.1, 0.15) is 5.75 Å². The van der Waals surface area contributed by atoms with Gasteiger partial charge >= 0.3 is 5.97 Å². The highest BCUT2D eigenvalue weighted by atomic mass is 16.5. The summed E-state index contributed by atoms with van der Waals surface area (Å²) in [6.07, 6.45) is 1.87. The molecule has 0 saturated carbocycles. The van der Waals surface area contributed by atoms with Crippen LogP contribution in [0.3, 0.4) is 0 Å². The summed E-state index contributed by atoms with van der Waals surface area (Å²) >= 11 is 0. The lowest BCUT2D eigenvalue weighted by molar-refractivity contribution is -0.144. The second-order valence-electron chi connectivity index (χ2n) is 5.97. The van der Waals surface area contributed by atoms with Crippen molar-refractivity contribution in [1.29, 1.82) is 0 Å². The van der Waals surface area contributed by atoms with E-state index in [1.54, 1.807) is 4.90 Å². The van der Waals surface area contributed by atoms with Crippen LogP contribution in [0.25, 0.3) is 0 Å². The SMILES string of the molecule is Cc1ccc(OCC(=O)N2CCCC(C)C2CC(=O)O)cc1. The van der Waals surface area contributed by atoms with Crippen molar-refractivity contribution in [3.05, 3.63) is 29.8 Å². The predicted molar refractivity (Wildman–Crippen MR) is 82.8 cm³/mol. The van der Waals surface area contributed by atoms with Gasteiger partial charge in [0.15, 0.2) is 6.61 Å². The van der Waals surface area contributed by atoms with Crippen molar-refractivity contribution in [3.8, 4) is 5.75 Å². The van der Waals surface area contributed by atoms with Gasteiger partial charge < -0.3 is 14.7 Å². The first-order valence-electron chi connectivity index (χ1n) is 7.68. The third kappa shape index (κ3) is 4.23. The standard InChI is InChI=1S/C17H23NO4/c1-12-5-7-14(8-6-12)22-11-16(19)18-9-3-4-13(2)15(18)10-17(20)21/h5-8,13,15H,3-4,9-11H2,1-2H3,(H,20,21). The van der Waals surface area contributed by atoms with E-state index in [-0.39, 0.29) is 30.9 Å². The molecule has 5 nitrogen and oxygen atoms in total. The number of piperidine rings is 1. The monoisotopic (exact) mass is 305 g/mol. The summed E-state index contributed by atoms with van der Waals surface area (Å²) in [5.74, 6) is -0.152. The first kappa shape index (κ1) is 16.3. The Balaban J connectivity index is 1.96. The number of carboxylic acids is 1. The fraction of sp³-hybridized carbons (Fsp3) is 0.529. The molecule has 1 N–H and O–H groups in total. The number of hydrogen-bond donors (Lipinski definition) is 1. The van der Waals surface area contributed by atoms with Crippen molar-refractivity contribution in [1.82, 2.24) is 4.90 Å². The van der Waals surface area contributed by atoms with Crippen LogP contribution >= 0.6 is 0 Å². The highest BCUT2D eigenvalue weighted by molar-refractivity contribution is 5.79. The van der Waals surface area contributed by atoms with Gasteiger partial charge in [-0.25, -0.2) is 0 Å². The Hall–Kier alpha value is -2.04. The minimum Gasteiger partial charge on any atom is -0.484 e. The van der Waals surface area contributed by atoms with E-state index in [1.807, 2.05) is 38.1 Å². The number of benzene rings is 1. The van der Waals surface area contributed by atoms with Crippen LogP contribution in [0.15, 0.2) is 24.3 Å². The number of aliphatic carboxylic acids is 1. The maximum absolute atomic E-state index is 12.4. The number of carbonyl (C=O) groups excluding carboxylic acids is 1. The molecule has 2 atom stereocenters. The van der Waals surface area contributed by atoms with Crippen LogP contribution in [0, 0.1) is 12.8 Å². The van der Waals surface area contributed by atoms with Gasteiger partial charge in [0.05, 0.1) is 6.42 Å². The Morgan fingerprint density at radius 1 is 1.32 bits per heavy atom. The lowest BCUT2D eigenvalue weighted by Gasteiger charge is -2.39. The largest absolute Gasteiger partial charge is 0.484 e. The minimum absolute atomic E-state index is 0.00254. The van der Waals surface area contributed by atoms with E-state index in [2.05, 4.69) is 0 Å². The molecule has 2 unspecified atom stereocenters. The van der Waals surface area contributed by atoms with Crippen molar-refractivity contribution < 1.29 is 19.4 Å². The number of nitrogens with zero attached hydrogens (tertiary/aromatic N) is 1. The zero-order chi connectivity index (χ0) is 16.1. The fourth-order valence-electron chi connectivity index (χ4n) is 2.91. The summed E-state index contributed by atoms with van der Waals surface area (Å²) in [6.45, 7) is 4.55. The molecule has 0 bridgehead atoms. The molecule has 0 spiro atoms. The molecule has 1 aliphatic heterocycles. The van der Waals surface area contributed by atoms with Gasteiger partial charge in [0.2, 0.25) is 0 Å². The lowest BCUT2D eigenvalue weighted by Crippen LogP contribution is -2.50. The fourth-order valence-corrected chi connectivity index (χ4v) is 2.91. The molecule has 1 fully saturated rings. The zero-order valence-electron chi connectivity index (χ0n) is 13.1. The highest BCUT2D eigenvalue weighted by Gasteiger charge is 2.33. The van der Waals surface area contributed by atoms with Crippen LogP contribution in [0.2, 0.25) is 0 Å². The van der Waals surface area contributed by atoms with Gasteiger partial charge in [-0.2, -0.15) is 0 Å². The van der Waals surface area contributed by atoms with Gasteiger partial charge in [-0.15, -0.1) is 0 Å². The normalized spacial score (nSPS) is 21.5. The number of aryl methyl sites for hydroxylation is 1. The number of carbonyl (C=O) groups is 2. The summed E-state index contributed by atoms with van der Waals surface area (Å²) in [5, 5.41) is 9.05. The lowest BCUT2D eigenvalue weighted by atomic mass is 9.88. The van der Waals surface area contributed by atoms with Crippen LogP contribution in [0.4, 0.5) is 0 Å². The Morgan fingerprint density at radius 3 is 2.64 bits per heavy atom. The molecular formula is C17H23NO4. The number of ether oxygens (including phenoxy) is 1. The van der Waals surface area contributed by atoms with Crippen molar-refractivity contribution in [3.63, 3.8) is 0 Å². The first-order chi connectivity index (χ1) is 10.5. The molecule has 0 radical (unpaired) electrons. The van der Waals surface area contributed by atoms with Crippen LogP contribution in [-0.2, 0) is 9.59 Å². The molecule has 1 heterocycles. The van der Waals surface area contributed by atoms with Gasteiger partial charge in [-0.3, -0.25) is 9.59 Å². The average molecular weight is 305 g/mol. The van der Waals surface area contributed by atoms with Crippen molar-refractivity contribution in [2.75, 3.05) is 13.2 Å².